The minimum atomic E-state index is -0.404. The van der Waals surface area contributed by atoms with Gasteiger partial charge in [0.05, 0.1) is 17.8 Å². The first kappa shape index (κ1) is 19.3. The number of hydrogen-bond acceptors (Lipinski definition) is 4. The molecule has 148 valence electrons. The van der Waals surface area contributed by atoms with Gasteiger partial charge in [0, 0.05) is 18.9 Å². The Bertz CT molecular complexity index is 1030. The molecule has 0 fully saturated rings. The zero-order chi connectivity index (χ0) is 20.6. The van der Waals surface area contributed by atoms with Gasteiger partial charge < -0.3 is 10.6 Å². The summed E-state index contributed by atoms with van der Waals surface area (Å²) < 4.78 is 0. The summed E-state index contributed by atoms with van der Waals surface area (Å²) in [5, 5.41) is 6.27. The monoisotopic (exact) mass is 394 g/mol. The van der Waals surface area contributed by atoms with Crippen LogP contribution >= 0.6 is 0 Å². The van der Waals surface area contributed by atoms with Gasteiger partial charge in [-0.05, 0) is 41.0 Å². The van der Waals surface area contributed by atoms with E-state index in [9.17, 15) is 4.79 Å². The van der Waals surface area contributed by atoms with Gasteiger partial charge in [-0.15, -0.1) is 0 Å². The maximum Gasteiger partial charge on any atom is 0.237 e. The summed E-state index contributed by atoms with van der Waals surface area (Å²) in [7, 11) is 0. The molecule has 2 aromatic carbocycles. The van der Waals surface area contributed by atoms with Crippen LogP contribution in [0.1, 0.15) is 22.6 Å². The van der Waals surface area contributed by atoms with E-state index in [2.05, 4.69) is 20.6 Å². The Balaban J connectivity index is 1.46. The summed E-state index contributed by atoms with van der Waals surface area (Å²) in [4.78, 5) is 21.5. The minimum Gasteiger partial charge on any atom is -0.380 e. The van der Waals surface area contributed by atoms with E-state index < -0.39 is 5.92 Å². The molecule has 0 saturated carbocycles. The van der Waals surface area contributed by atoms with Gasteiger partial charge in [0.1, 0.15) is 5.82 Å². The van der Waals surface area contributed by atoms with Gasteiger partial charge in [0.15, 0.2) is 0 Å². The molecule has 0 radical (unpaired) electrons. The molecule has 2 aromatic heterocycles. The predicted molar refractivity (Wildman–Crippen MR) is 119 cm³/mol. The van der Waals surface area contributed by atoms with E-state index >= 15 is 0 Å². The van der Waals surface area contributed by atoms with Crippen LogP contribution in [0.25, 0.3) is 0 Å². The third-order valence-electron chi connectivity index (χ3n) is 4.79. The molecular weight excluding hydrogens is 372 g/mol. The van der Waals surface area contributed by atoms with Crippen molar-refractivity contribution in [3.8, 4) is 0 Å². The van der Waals surface area contributed by atoms with Crippen LogP contribution in [0.2, 0.25) is 0 Å². The maximum absolute atomic E-state index is 13.1. The zero-order valence-corrected chi connectivity index (χ0v) is 16.4. The standard InChI is InChI=1S/C25H22N4O/c30-25(24(20-7-3-1-4-8-20)21-9-5-2-6-10-21)29-23-12-11-22(18-28-23)27-17-19-13-15-26-16-14-19/h1-16,18,24,27H,17H2,(H,28,29,30). The van der Waals surface area contributed by atoms with Crippen molar-refractivity contribution < 1.29 is 4.79 Å². The lowest BCUT2D eigenvalue weighted by Gasteiger charge is -2.17. The number of nitrogens with zero attached hydrogens (tertiary/aromatic N) is 2. The molecule has 5 nitrogen and oxygen atoms in total. The highest BCUT2D eigenvalue weighted by atomic mass is 16.1. The van der Waals surface area contributed by atoms with Crippen LogP contribution in [0.4, 0.5) is 11.5 Å². The van der Waals surface area contributed by atoms with Crippen molar-refractivity contribution in [3.05, 3.63) is 120 Å². The molecule has 0 aliphatic heterocycles. The molecule has 2 heterocycles. The van der Waals surface area contributed by atoms with Crippen LogP contribution in [0.3, 0.4) is 0 Å². The summed E-state index contributed by atoms with van der Waals surface area (Å²) >= 11 is 0. The van der Waals surface area contributed by atoms with Crippen molar-refractivity contribution in [3.63, 3.8) is 0 Å². The van der Waals surface area contributed by atoms with Crippen LogP contribution in [-0.4, -0.2) is 15.9 Å². The third kappa shape index (κ3) is 4.89. The van der Waals surface area contributed by atoms with Gasteiger partial charge >= 0.3 is 0 Å². The van der Waals surface area contributed by atoms with Crippen LogP contribution in [0, 0.1) is 0 Å². The fourth-order valence-electron chi connectivity index (χ4n) is 3.26. The summed E-state index contributed by atoms with van der Waals surface area (Å²) in [5.41, 5.74) is 3.90. The molecule has 0 aliphatic carbocycles. The van der Waals surface area contributed by atoms with Crippen molar-refractivity contribution in [2.24, 2.45) is 0 Å². The summed E-state index contributed by atoms with van der Waals surface area (Å²) in [5.74, 6) is 0.00223. The van der Waals surface area contributed by atoms with Crippen molar-refractivity contribution >= 4 is 17.4 Å². The van der Waals surface area contributed by atoms with E-state index in [-0.39, 0.29) is 5.91 Å². The Hall–Kier alpha value is -3.99. The molecular formula is C25H22N4O. The molecule has 0 atom stereocenters. The number of rotatable bonds is 7. The molecule has 0 aliphatic rings. The van der Waals surface area contributed by atoms with Crippen LogP contribution < -0.4 is 10.6 Å². The lowest BCUT2D eigenvalue weighted by atomic mass is 9.90. The number of carbonyl (C=O) groups excluding carboxylic acids is 1. The number of carbonyl (C=O) groups is 1. The van der Waals surface area contributed by atoms with Crippen LogP contribution in [0.5, 0.6) is 0 Å². The zero-order valence-electron chi connectivity index (χ0n) is 16.4. The molecule has 0 spiro atoms. The van der Waals surface area contributed by atoms with Gasteiger partial charge in [0.25, 0.3) is 0 Å². The smallest absolute Gasteiger partial charge is 0.237 e. The Morgan fingerprint density at radius 2 is 1.43 bits per heavy atom. The second-order valence-electron chi connectivity index (χ2n) is 6.88. The topological polar surface area (TPSA) is 66.9 Å². The summed E-state index contributed by atoms with van der Waals surface area (Å²) in [6.45, 7) is 0.681. The largest absolute Gasteiger partial charge is 0.380 e. The lowest BCUT2D eigenvalue weighted by Crippen LogP contribution is -2.22. The number of aromatic nitrogens is 2. The second-order valence-corrected chi connectivity index (χ2v) is 6.88. The molecule has 0 saturated heterocycles. The number of anilines is 2. The number of hydrogen-bond donors (Lipinski definition) is 2. The molecule has 4 rings (SSSR count). The highest BCUT2D eigenvalue weighted by molar-refractivity contribution is 5.97. The average Bonchev–Trinajstić information content (AvgIpc) is 2.81. The Morgan fingerprint density at radius 1 is 0.800 bits per heavy atom. The molecule has 5 heteroatoms. The van der Waals surface area contributed by atoms with Gasteiger partial charge in [-0.1, -0.05) is 60.7 Å². The first-order valence-corrected chi connectivity index (χ1v) is 9.79. The quantitative estimate of drug-likeness (QED) is 0.470. The molecule has 4 aromatic rings. The van der Waals surface area contributed by atoms with Crippen LogP contribution in [-0.2, 0) is 11.3 Å². The van der Waals surface area contributed by atoms with Gasteiger partial charge in [-0.3, -0.25) is 9.78 Å². The lowest BCUT2D eigenvalue weighted by molar-refractivity contribution is -0.116. The minimum absolute atomic E-state index is 0.114. The van der Waals surface area contributed by atoms with E-state index in [1.165, 1.54) is 0 Å². The third-order valence-corrected chi connectivity index (χ3v) is 4.79. The normalized spacial score (nSPS) is 10.6. The Labute approximate surface area is 175 Å². The predicted octanol–water partition coefficient (Wildman–Crippen LogP) is 4.86. The maximum atomic E-state index is 13.1. The van der Waals surface area contributed by atoms with Crippen molar-refractivity contribution in [2.45, 2.75) is 12.5 Å². The van der Waals surface area contributed by atoms with Crippen molar-refractivity contribution in [2.75, 3.05) is 10.6 Å². The van der Waals surface area contributed by atoms with E-state index in [4.69, 9.17) is 0 Å². The Kier molecular flexibility index (Phi) is 6.11. The van der Waals surface area contributed by atoms with E-state index in [1.807, 2.05) is 78.9 Å². The summed E-state index contributed by atoms with van der Waals surface area (Å²) in [6, 6.07) is 27.2. The summed E-state index contributed by atoms with van der Waals surface area (Å²) in [6.07, 6.45) is 5.25. The molecule has 1 amide bonds. The fourth-order valence-corrected chi connectivity index (χ4v) is 3.26. The first-order valence-electron chi connectivity index (χ1n) is 9.79. The van der Waals surface area contributed by atoms with E-state index in [0.29, 0.717) is 12.4 Å². The highest BCUT2D eigenvalue weighted by Gasteiger charge is 2.22. The molecule has 0 bridgehead atoms. The van der Waals surface area contributed by atoms with Crippen molar-refractivity contribution in [1.82, 2.24) is 9.97 Å². The van der Waals surface area contributed by atoms with Crippen molar-refractivity contribution in [1.29, 1.82) is 0 Å². The average molecular weight is 394 g/mol. The number of nitrogens with one attached hydrogen (secondary N) is 2. The first-order chi connectivity index (χ1) is 14.8. The SMILES string of the molecule is O=C(Nc1ccc(NCc2ccncc2)cn1)C(c1ccccc1)c1ccccc1. The van der Waals surface area contributed by atoms with E-state index in [0.717, 1.165) is 22.4 Å². The van der Waals surface area contributed by atoms with Gasteiger partial charge in [0.2, 0.25) is 5.91 Å². The second kappa shape index (κ2) is 9.47. The van der Waals surface area contributed by atoms with Gasteiger partial charge in [-0.25, -0.2) is 4.98 Å². The van der Waals surface area contributed by atoms with Crippen LogP contribution in [0.15, 0.2) is 104 Å². The fraction of sp³-hybridized carbons (Fsp3) is 0.0800. The number of benzene rings is 2. The molecule has 2 N–H and O–H groups in total. The number of amides is 1. The Morgan fingerprint density at radius 3 is 2.00 bits per heavy atom. The molecule has 30 heavy (non-hydrogen) atoms. The van der Waals surface area contributed by atoms with Gasteiger partial charge in [-0.2, -0.15) is 0 Å². The number of pyridine rings is 2. The molecule has 0 unspecified atom stereocenters. The highest BCUT2D eigenvalue weighted by Crippen LogP contribution is 2.26. The van der Waals surface area contributed by atoms with E-state index in [1.54, 1.807) is 24.7 Å².